The zero-order chi connectivity index (χ0) is 23.3. The predicted octanol–water partition coefficient (Wildman–Crippen LogP) is 4.49. The number of alkyl halides is 3. The van der Waals surface area contributed by atoms with Crippen molar-refractivity contribution < 1.29 is 18.0 Å². The Morgan fingerprint density at radius 2 is 1.94 bits per heavy atom. The largest absolute Gasteiger partial charge is 0.416 e. The molecule has 0 aliphatic carbocycles. The Hall–Kier alpha value is -2.96. The van der Waals surface area contributed by atoms with Crippen LogP contribution in [0.2, 0.25) is 10.0 Å². The molecule has 1 aromatic heterocycles. The molecule has 14 heteroatoms. The number of anilines is 2. The number of aromatic nitrogens is 3. The van der Waals surface area contributed by atoms with Crippen LogP contribution in [-0.2, 0) is 11.0 Å². The van der Waals surface area contributed by atoms with Crippen LogP contribution in [0.25, 0.3) is 0 Å². The third-order valence-electron chi connectivity index (χ3n) is 3.84. The van der Waals surface area contributed by atoms with Gasteiger partial charge in [-0.05, 0) is 24.3 Å². The Balaban J connectivity index is 1.58. The van der Waals surface area contributed by atoms with Gasteiger partial charge in [-0.1, -0.05) is 53.2 Å². The minimum absolute atomic E-state index is 0.0267. The van der Waals surface area contributed by atoms with Gasteiger partial charge >= 0.3 is 6.18 Å². The Bertz CT molecular complexity index is 1150. The Morgan fingerprint density at radius 1 is 1.19 bits per heavy atom. The summed E-state index contributed by atoms with van der Waals surface area (Å²) in [4.78, 5) is 12.2. The van der Waals surface area contributed by atoms with Crippen molar-refractivity contribution in [3.63, 3.8) is 0 Å². The molecule has 0 bridgehead atoms. The van der Waals surface area contributed by atoms with Crippen molar-refractivity contribution in [3.05, 3.63) is 63.6 Å². The number of hydrazone groups is 1. The number of rotatable bonds is 7. The molecule has 0 aliphatic rings. The number of amides is 1. The number of nitrogens with one attached hydrogen (secondary N) is 2. The molecule has 0 saturated carbocycles. The van der Waals surface area contributed by atoms with E-state index in [0.717, 1.165) is 34.6 Å². The van der Waals surface area contributed by atoms with Crippen LogP contribution in [0.1, 0.15) is 11.1 Å². The zero-order valence-electron chi connectivity index (χ0n) is 15.9. The minimum atomic E-state index is -4.56. The lowest BCUT2D eigenvalue weighted by Crippen LogP contribution is -2.17. The molecule has 1 amide bonds. The summed E-state index contributed by atoms with van der Waals surface area (Å²) in [6.45, 7) is 0. The number of nitrogens with two attached hydrogens (primary N) is 1. The smallest absolute Gasteiger partial charge is 0.334 e. The van der Waals surface area contributed by atoms with E-state index in [1.807, 2.05) is 0 Å². The van der Waals surface area contributed by atoms with Crippen molar-refractivity contribution in [2.75, 3.05) is 22.3 Å². The molecule has 2 aromatic carbocycles. The monoisotopic (exact) mass is 503 g/mol. The van der Waals surface area contributed by atoms with Crippen LogP contribution in [0.3, 0.4) is 0 Å². The summed E-state index contributed by atoms with van der Waals surface area (Å²) >= 11 is 12.8. The first kappa shape index (κ1) is 23.7. The van der Waals surface area contributed by atoms with Gasteiger partial charge in [-0.3, -0.25) is 4.79 Å². The fourth-order valence-corrected chi connectivity index (χ4v) is 3.31. The third-order valence-corrected chi connectivity index (χ3v) is 5.45. The molecule has 0 aliphatic heterocycles. The van der Waals surface area contributed by atoms with Gasteiger partial charge in [0.25, 0.3) is 5.95 Å². The van der Waals surface area contributed by atoms with Gasteiger partial charge in [0.05, 0.1) is 28.2 Å². The van der Waals surface area contributed by atoms with E-state index in [-0.39, 0.29) is 27.6 Å². The van der Waals surface area contributed by atoms with Gasteiger partial charge in [0, 0.05) is 10.6 Å². The minimum Gasteiger partial charge on any atom is -0.334 e. The fourth-order valence-electron chi connectivity index (χ4n) is 2.30. The number of hydrogen-bond acceptors (Lipinski definition) is 7. The molecule has 0 unspecified atom stereocenters. The van der Waals surface area contributed by atoms with Crippen molar-refractivity contribution in [1.29, 1.82) is 0 Å². The lowest BCUT2D eigenvalue weighted by atomic mass is 10.2. The molecule has 4 N–H and O–H groups in total. The van der Waals surface area contributed by atoms with Crippen LogP contribution in [0, 0.1) is 0 Å². The number of halogens is 5. The van der Waals surface area contributed by atoms with E-state index in [1.165, 1.54) is 6.21 Å². The highest BCUT2D eigenvalue weighted by molar-refractivity contribution is 7.99. The molecule has 0 saturated heterocycles. The number of benzene rings is 2. The lowest BCUT2D eigenvalue weighted by molar-refractivity contribution is -0.137. The van der Waals surface area contributed by atoms with E-state index >= 15 is 0 Å². The fraction of sp³-hybridized carbons (Fsp3) is 0.111. The number of hydrogen-bond donors (Lipinski definition) is 3. The summed E-state index contributed by atoms with van der Waals surface area (Å²) in [6, 6.07) is 9.69. The van der Waals surface area contributed by atoms with Crippen LogP contribution in [0.15, 0.2) is 52.7 Å². The van der Waals surface area contributed by atoms with Crippen molar-refractivity contribution in [1.82, 2.24) is 14.9 Å². The number of nitrogen functional groups attached to an aromatic ring is 1. The van der Waals surface area contributed by atoms with Gasteiger partial charge in [-0.25, -0.2) is 10.1 Å². The molecule has 32 heavy (non-hydrogen) atoms. The van der Waals surface area contributed by atoms with Gasteiger partial charge in [-0.2, -0.15) is 18.3 Å². The second-order valence-electron chi connectivity index (χ2n) is 6.10. The van der Waals surface area contributed by atoms with Crippen molar-refractivity contribution in [2.45, 2.75) is 11.3 Å². The van der Waals surface area contributed by atoms with Gasteiger partial charge in [0.1, 0.15) is 0 Å². The quantitative estimate of drug-likeness (QED) is 0.189. The maximum Gasteiger partial charge on any atom is 0.416 e. The maximum absolute atomic E-state index is 12.8. The second-order valence-corrected chi connectivity index (χ2v) is 7.85. The van der Waals surface area contributed by atoms with Crippen LogP contribution < -0.4 is 16.6 Å². The molecule has 0 fully saturated rings. The lowest BCUT2D eigenvalue weighted by Gasteiger charge is -2.11. The number of nitrogens with zero attached hydrogens (tertiary/aromatic N) is 4. The Kier molecular flexibility index (Phi) is 7.48. The van der Waals surface area contributed by atoms with Crippen LogP contribution in [-0.4, -0.2) is 32.7 Å². The predicted molar refractivity (Wildman–Crippen MR) is 119 cm³/mol. The molecule has 8 nitrogen and oxygen atoms in total. The number of carbonyl (C=O) groups excluding carboxylic acids is 1. The van der Waals surface area contributed by atoms with Crippen molar-refractivity contribution >= 4 is 58.7 Å². The Labute approximate surface area is 193 Å². The number of carbonyl (C=O) groups is 1. The van der Waals surface area contributed by atoms with E-state index in [2.05, 4.69) is 26.0 Å². The van der Waals surface area contributed by atoms with Crippen LogP contribution in [0.4, 0.5) is 24.8 Å². The van der Waals surface area contributed by atoms with Gasteiger partial charge in [0.2, 0.25) is 11.1 Å². The average molecular weight is 504 g/mol. The third kappa shape index (κ3) is 6.05. The van der Waals surface area contributed by atoms with Crippen LogP contribution in [0.5, 0.6) is 0 Å². The number of thioether (sulfide) groups is 1. The molecule has 168 valence electrons. The highest BCUT2D eigenvalue weighted by Crippen LogP contribution is 2.34. The van der Waals surface area contributed by atoms with E-state index in [9.17, 15) is 18.0 Å². The van der Waals surface area contributed by atoms with E-state index in [4.69, 9.17) is 29.0 Å². The average Bonchev–Trinajstić information content (AvgIpc) is 3.08. The summed E-state index contributed by atoms with van der Waals surface area (Å²) in [6.07, 6.45) is -3.09. The molecule has 3 aromatic rings. The first-order chi connectivity index (χ1) is 15.1. The molecular formula is C18H14Cl2F3N7OS. The molecule has 3 rings (SSSR count). The van der Waals surface area contributed by atoms with Crippen molar-refractivity contribution in [3.8, 4) is 0 Å². The van der Waals surface area contributed by atoms with E-state index in [1.54, 1.807) is 24.3 Å². The van der Waals surface area contributed by atoms with Gasteiger partial charge in [0.15, 0.2) is 0 Å². The summed E-state index contributed by atoms with van der Waals surface area (Å²) in [5.41, 5.74) is 2.19. The highest BCUT2D eigenvalue weighted by Gasteiger charge is 2.31. The zero-order valence-corrected chi connectivity index (χ0v) is 18.2. The second kappa shape index (κ2) is 10.1. The van der Waals surface area contributed by atoms with E-state index in [0.29, 0.717) is 10.6 Å². The van der Waals surface area contributed by atoms with Gasteiger partial charge in [-0.15, -0.1) is 10.2 Å². The summed E-state index contributed by atoms with van der Waals surface area (Å²) in [5, 5.41) is 14.6. The standard InChI is InChI=1S/C18H14Cl2F3N7OS/c19-12-4-2-1-3-10(12)8-25-27-16-28-29-17(30(16)24)32-9-15(31)26-14-7-11(18(21,22)23)5-6-13(14)20/h1-8H,9,24H2,(H,26,31)(H,27,28)/b25-8+. The van der Waals surface area contributed by atoms with E-state index < -0.39 is 17.6 Å². The summed E-state index contributed by atoms with van der Waals surface area (Å²) in [5.74, 6) is 5.16. The maximum atomic E-state index is 12.8. The van der Waals surface area contributed by atoms with Crippen molar-refractivity contribution in [2.24, 2.45) is 5.10 Å². The molecular weight excluding hydrogens is 490 g/mol. The molecule has 0 radical (unpaired) electrons. The first-order valence-electron chi connectivity index (χ1n) is 8.68. The van der Waals surface area contributed by atoms with Crippen LogP contribution >= 0.6 is 35.0 Å². The topological polar surface area (TPSA) is 110 Å². The Morgan fingerprint density at radius 3 is 2.66 bits per heavy atom. The van der Waals surface area contributed by atoms with Gasteiger partial charge < -0.3 is 11.2 Å². The first-order valence-corrected chi connectivity index (χ1v) is 10.4. The molecule has 0 spiro atoms. The molecule has 1 heterocycles. The normalized spacial score (nSPS) is 11.7. The summed E-state index contributed by atoms with van der Waals surface area (Å²) < 4.78 is 39.6. The summed E-state index contributed by atoms with van der Waals surface area (Å²) in [7, 11) is 0. The molecule has 0 atom stereocenters. The highest BCUT2D eigenvalue weighted by atomic mass is 35.5. The SMILES string of the molecule is Nn1c(N/N=C/c2ccccc2Cl)nnc1SCC(=O)Nc1cc(C(F)(F)F)ccc1Cl.